The molecule has 0 aromatic heterocycles. The SMILES string of the molecule is Cc1ccc(S(=O)(=O)/N=C2\N=C3C=CC=CN3[C@]2(c2ccccc2)C(Br)Br)cc1. The largest absolute Gasteiger partial charge is 0.313 e. The van der Waals surface area contributed by atoms with E-state index in [1.54, 1.807) is 24.3 Å². The number of nitrogens with zero attached hydrogens (tertiary/aromatic N) is 3. The Morgan fingerprint density at radius 3 is 2.38 bits per heavy atom. The van der Waals surface area contributed by atoms with Gasteiger partial charge in [0.2, 0.25) is 0 Å². The maximum Gasteiger partial charge on any atom is 0.284 e. The zero-order valence-electron chi connectivity index (χ0n) is 15.4. The summed E-state index contributed by atoms with van der Waals surface area (Å²) in [4.78, 5) is 6.67. The molecule has 4 rings (SSSR count). The molecule has 0 N–H and O–H groups in total. The molecule has 0 amide bonds. The second kappa shape index (κ2) is 7.66. The summed E-state index contributed by atoms with van der Waals surface area (Å²) in [5.41, 5.74) is 0.857. The normalized spacial score (nSPS) is 22.3. The van der Waals surface area contributed by atoms with Crippen LogP contribution in [-0.4, -0.2) is 28.7 Å². The first kappa shape index (κ1) is 20.3. The number of allylic oxidation sites excluding steroid dienone is 2. The molecular formula is C21H17Br2N3O2S. The van der Waals surface area contributed by atoms with Gasteiger partial charge in [0.25, 0.3) is 10.0 Å². The molecule has 0 spiro atoms. The Kier molecular flexibility index (Phi) is 5.35. The number of aliphatic imine (C=N–C) groups is 1. The van der Waals surface area contributed by atoms with Gasteiger partial charge in [-0.2, -0.15) is 8.42 Å². The summed E-state index contributed by atoms with van der Waals surface area (Å²) in [7, 11) is -3.95. The molecular weight excluding hydrogens is 518 g/mol. The molecule has 0 radical (unpaired) electrons. The highest BCUT2D eigenvalue weighted by Crippen LogP contribution is 2.46. The van der Waals surface area contributed by atoms with E-state index in [2.05, 4.69) is 41.3 Å². The van der Waals surface area contributed by atoms with Crippen LogP contribution in [0.2, 0.25) is 0 Å². The van der Waals surface area contributed by atoms with Gasteiger partial charge < -0.3 is 4.90 Å². The first-order valence-corrected chi connectivity index (χ1v) is 12.1. The first-order chi connectivity index (χ1) is 13.9. The summed E-state index contributed by atoms with van der Waals surface area (Å²) in [6.45, 7) is 1.91. The van der Waals surface area contributed by atoms with Gasteiger partial charge in [0, 0.05) is 6.20 Å². The lowest BCUT2D eigenvalue weighted by Gasteiger charge is -2.40. The molecule has 0 saturated carbocycles. The predicted octanol–water partition coefficient (Wildman–Crippen LogP) is 4.89. The predicted molar refractivity (Wildman–Crippen MR) is 123 cm³/mol. The van der Waals surface area contributed by atoms with Crippen LogP contribution in [0.5, 0.6) is 0 Å². The molecule has 2 aromatic rings. The lowest BCUT2D eigenvalue weighted by molar-refractivity contribution is 0.375. The fourth-order valence-corrected chi connectivity index (χ4v) is 5.75. The summed E-state index contributed by atoms with van der Waals surface area (Å²) < 4.78 is 30.1. The minimum Gasteiger partial charge on any atom is -0.313 e. The number of alkyl halides is 2. The van der Waals surface area contributed by atoms with Crippen LogP contribution in [0.15, 0.2) is 93.3 Å². The fraction of sp³-hybridized carbons (Fsp3) is 0.143. The Morgan fingerprint density at radius 1 is 1.03 bits per heavy atom. The molecule has 5 nitrogen and oxygen atoms in total. The Balaban J connectivity index is 1.95. The highest BCUT2D eigenvalue weighted by Gasteiger charge is 2.53. The van der Waals surface area contributed by atoms with Gasteiger partial charge in [-0.1, -0.05) is 86.0 Å². The van der Waals surface area contributed by atoms with Crippen LogP contribution in [0.1, 0.15) is 11.1 Å². The molecule has 2 aromatic carbocycles. The third-order valence-corrected chi connectivity index (χ3v) is 7.44. The number of fused-ring (bicyclic) bond motifs is 1. The number of halogens is 2. The van der Waals surface area contributed by atoms with Crippen molar-refractivity contribution in [3.63, 3.8) is 0 Å². The van der Waals surface area contributed by atoms with E-state index in [9.17, 15) is 8.42 Å². The Bertz CT molecular complexity index is 1150. The average Bonchev–Trinajstić information content (AvgIpc) is 3.03. The Labute approximate surface area is 186 Å². The summed E-state index contributed by atoms with van der Waals surface area (Å²) >= 11 is 7.28. The van der Waals surface area contributed by atoms with Gasteiger partial charge in [-0.3, -0.25) is 0 Å². The summed E-state index contributed by atoms with van der Waals surface area (Å²) in [6, 6.07) is 16.2. The van der Waals surface area contributed by atoms with Crippen LogP contribution >= 0.6 is 31.9 Å². The lowest BCUT2D eigenvalue weighted by atomic mass is 9.89. The molecule has 148 valence electrons. The number of aryl methyl sites for hydroxylation is 1. The van der Waals surface area contributed by atoms with E-state index >= 15 is 0 Å². The maximum absolute atomic E-state index is 13.1. The quantitative estimate of drug-likeness (QED) is 0.524. The van der Waals surface area contributed by atoms with Crippen LogP contribution in [0.4, 0.5) is 0 Å². The molecule has 2 aliphatic heterocycles. The number of benzene rings is 2. The van der Waals surface area contributed by atoms with Gasteiger partial charge >= 0.3 is 0 Å². The van der Waals surface area contributed by atoms with E-state index < -0.39 is 15.6 Å². The van der Waals surface area contributed by atoms with E-state index in [0.717, 1.165) is 11.1 Å². The van der Waals surface area contributed by atoms with Gasteiger partial charge in [0.1, 0.15) is 9.57 Å². The van der Waals surface area contributed by atoms with E-state index in [4.69, 9.17) is 0 Å². The summed E-state index contributed by atoms with van der Waals surface area (Å²) in [5, 5.41) is 0. The molecule has 0 saturated heterocycles. The molecule has 8 heteroatoms. The monoisotopic (exact) mass is 533 g/mol. The van der Waals surface area contributed by atoms with Gasteiger partial charge in [-0.25, -0.2) is 4.99 Å². The minimum absolute atomic E-state index is 0.134. The smallest absolute Gasteiger partial charge is 0.284 e. The van der Waals surface area contributed by atoms with Crippen LogP contribution < -0.4 is 0 Å². The Morgan fingerprint density at radius 2 is 1.72 bits per heavy atom. The molecule has 0 aliphatic carbocycles. The topological polar surface area (TPSA) is 62.1 Å². The van der Waals surface area contributed by atoms with E-state index in [0.29, 0.717) is 5.84 Å². The third kappa shape index (κ3) is 3.43. The van der Waals surface area contributed by atoms with Crippen LogP contribution in [-0.2, 0) is 15.6 Å². The first-order valence-electron chi connectivity index (χ1n) is 8.84. The van der Waals surface area contributed by atoms with E-state index in [1.165, 1.54) is 0 Å². The number of amidine groups is 2. The second-order valence-electron chi connectivity index (χ2n) is 6.68. The van der Waals surface area contributed by atoms with Gasteiger partial charge in [0.15, 0.2) is 11.4 Å². The van der Waals surface area contributed by atoms with Crippen molar-refractivity contribution in [1.29, 1.82) is 0 Å². The minimum atomic E-state index is -3.95. The van der Waals surface area contributed by atoms with Crippen molar-refractivity contribution in [2.75, 3.05) is 0 Å². The van der Waals surface area contributed by atoms with E-state index in [-0.39, 0.29) is 14.5 Å². The highest BCUT2D eigenvalue weighted by molar-refractivity contribution is 9.24. The molecule has 29 heavy (non-hydrogen) atoms. The van der Waals surface area contributed by atoms with Crippen molar-refractivity contribution in [3.05, 3.63) is 90.2 Å². The highest BCUT2D eigenvalue weighted by atomic mass is 79.9. The number of hydrogen-bond acceptors (Lipinski definition) is 3. The van der Waals surface area contributed by atoms with Crippen LogP contribution in [0, 0.1) is 6.92 Å². The van der Waals surface area contributed by atoms with Crippen molar-refractivity contribution < 1.29 is 8.42 Å². The number of rotatable bonds is 4. The molecule has 2 heterocycles. The van der Waals surface area contributed by atoms with Crippen molar-refractivity contribution in [2.24, 2.45) is 9.39 Å². The third-order valence-electron chi connectivity index (χ3n) is 4.83. The van der Waals surface area contributed by atoms with Crippen molar-refractivity contribution >= 4 is 53.6 Å². The van der Waals surface area contributed by atoms with Crippen molar-refractivity contribution in [3.8, 4) is 0 Å². The molecule has 0 bridgehead atoms. The second-order valence-corrected chi connectivity index (χ2v) is 11.3. The summed E-state index contributed by atoms with van der Waals surface area (Å²) in [6.07, 6.45) is 7.46. The molecule has 2 aliphatic rings. The standard InChI is InChI=1S/C21H17Br2N3O2S/c1-15-10-12-17(13-11-15)29(27,28)25-20-21(19(22)23,16-7-3-2-4-8-16)26-14-6-5-9-18(26)24-20/h2-14,19H,1H3/b25-20-/t21-/m1/s1. The van der Waals surface area contributed by atoms with Crippen LogP contribution in [0.3, 0.4) is 0 Å². The Hall–Kier alpha value is -2.03. The molecule has 1 atom stereocenters. The van der Waals surface area contributed by atoms with Gasteiger partial charge in [0.05, 0.1) is 4.90 Å². The summed E-state index contributed by atoms with van der Waals surface area (Å²) in [5.74, 6) is 0.812. The van der Waals surface area contributed by atoms with E-state index in [1.807, 2.05) is 66.6 Å². The zero-order valence-corrected chi connectivity index (χ0v) is 19.4. The average molecular weight is 535 g/mol. The van der Waals surface area contributed by atoms with Crippen molar-refractivity contribution in [1.82, 2.24) is 4.90 Å². The maximum atomic E-state index is 13.1. The van der Waals surface area contributed by atoms with Gasteiger partial charge in [-0.15, -0.1) is 4.40 Å². The fourth-order valence-electron chi connectivity index (χ4n) is 3.38. The number of sulfonamides is 1. The lowest BCUT2D eigenvalue weighted by Crippen LogP contribution is -2.51. The zero-order chi connectivity index (χ0) is 20.6. The van der Waals surface area contributed by atoms with Gasteiger partial charge in [-0.05, 0) is 36.8 Å². The van der Waals surface area contributed by atoms with Crippen molar-refractivity contribution in [2.45, 2.75) is 21.1 Å². The molecule has 0 fully saturated rings. The van der Waals surface area contributed by atoms with Crippen LogP contribution in [0.25, 0.3) is 0 Å². The molecule has 0 unspecified atom stereocenters. The number of hydrogen-bond donors (Lipinski definition) is 0.